The summed E-state index contributed by atoms with van der Waals surface area (Å²) in [6.07, 6.45) is 4.46. The summed E-state index contributed by atoms with van der Waals surface area (Å²) in [5.74, 6) is 0.194. The minimum absolute atomic E-state index is 0.191. The topological polar surface area (TPSA) is 49.6 Å². The molecule has 4 nitrogen and oxygen atoms in total. The first-order valence-corrected chi connectivity index (χ1v) is 8.06. The molecule has 21 heavy (non-hydrogen) atoms. The molecular formula is C17H25N3O. The van der Waals surface area contributed by atoms with Crippen LogP contribution in [0.2, 0.25) is 0 Å². The maximum absolute atomic E-state index is 12.4. The van der Waals surface area contributed by atoms with Gasteiger partial charge in [-0.05, 0) is 18.4 Å². The Labute approximate surface area is 126 Å². The number of rotatable bonds is 4. The number of amides is 1. The van der Waals surface area contributed by atoms with Gasteiger partial charge in [0.2, 0.25) is 5.91 Å². The molecule has 114 valence electrons. The SMILES string of the molecule is NC(CC(=O)N1CCN(C2CCC2)CC1)c1ccccc1. The molecule has 0 bridgehead atoms. The van der Waals surface area contributed by atoms with Crippen molar-refractivity contribution in [1.29, 1.82) is 0 Å². The lowest BCUT2D eigenvalue weighted by molar-refractivity contribution is -0.134. The van der Waals surface area contributed by atoms with Crippen LogP contribution in [0.3, 0.4) is 0 Å². The van der Waals surface area contributed by atoms with Gasteiger partial charge >= 0.3 is 0 Å². The summed E-state index contributed by atoms with van der Waals surface area (Å²) in [5.41, 5.74) is 7.19. The van der Waals surface area contributed by atoms with E-state index in [1.807, 2.05) is 35.2 Å². The van der Waals surface area contributed by atoms with E-state index in [1.165, 1.54) is 19.3 Å². The van der Waals surface area contributed by atoms with Crippen LogP contribution >= 0.6 is 0 Å². The van der Waals surface area contributed by atoms with Gasteiger partial charge in [-0.3, -0.25) is 9.69 Å². The fourth-order valence-electron chi connectivity index (χ4n) is 3.22. The summed E-state index contributed by atoms with van der Waals surface area (Å²) in [7, 11) is 0. The van der Waals surface area contributed by atoms with Crippen molar-refractivity contribution in [3.05, 3.63) is 35.9 Å². The highest BCUT2D eigenvalue weighted by Crippen LogP contribution is 2.25. The predicted octanol–water partition coefficient (Wildman–Crippen LogP) is 1.77. The van der Waals surface area contributed by atoms with Gasteiger partial charge in [-0.25, -0.2) is 0 Å². The van der Waals surface area contributed by atoms with E-state index in [-0.39, 0.29) is 11.9 Å². The van der Waals surface area contributed by atoms with Crippen molar-refractivity contribution < 1.29 is 4.79 Å². The van der Waals surface area contributed by atoms with Gasteiger partial charge in [-0.1, -0.05) is 36.8 Å². The van der Waals surface area contributed by atoms with Crippen molar-refractivity contribution in [1.82, 2.24) is 9.80 Å². The highest BCUT2D eigenvalue weighted by atomic mass is 16.2. The van der Waals surface area contributed by atoms with Crippen LogP contribution in [0.15, 0.2) is 30.3 Å². The fraction of sp³-hybridized carbons (Fsp3) is 0.588. The number of hydrogen-bond acceptors (Lipinski definition) is 3. The molecular weight excluding hydrogens is 262 g/mol. The predicted molar refractivity (Wildman–Crippen MR) is 83.8 cm³/mol. The molecule has 1 amide bonds. The van der Waals surface area contributed by atoms with Gasteiger partial charge in [0.25, 0.3) is 0 Å². The van der Waals surface area contributed by atoms with Crippen LogP contribution in [0, 0.1) is 0 Å². The zero-order valence-electron chi connectivity index (χ0n) is 12.6. The lowest BCUT2D eigenvalue weighted by Crippen LogP contribution is -2.53. The standard InChI is InChI=1S/C17H25N3O/c18-16(14-5-2-1-3-6-14)13-17(21)20-11-9-19(10-12-20)15-7-4-8-15/h1-3,5-6,15-16H,4,7-13,18H2. The van der Waals surface area contributed by atoms with Crippen LogP contribution in [0.5, 0.6) is 0 Å². The zero-order chi connectivity index (χ0) is 14.7. The minimum Gasteiger partial charge on any atom is -0.340 e. The Morgan fingerprint density at radius 2 is 1.81 bits per heavy atom. The molecule has 1 aliphatic carbocycles. The number of hydrogen-bond donors (Lipinski definition) is 1. The second-order valence-electron chi connectivity index (χ2n) is 6.22. The van der Waals surface area contributed by atoms with E-state index in [9.17, 15) is 4.79 Å². The molecule has 0 spiro atoms. The van der Waals surface area contributed by atoms with E-state index in [1.54, 1.807) is 0 Å². The third-order valence-corrected chi connectivity index (χ3v) is 4.88. The summed E-state index contributed by atoms with van der Waals surface area (Å²) >= 11 is 0. The third kappa shape index (κ3) is 3.44. The fourth-order valence-corrected chi connectivity index (χ4v) is 3.22. The largest absolute Gasteiger partial charge is 0.340 e. The lowest BCUT2D eigenvalue weighted by Gasteiger charge is -2.43. The van der Waals surface area contributed by atoms with Crippen molar-refractivity contribution in [2.45, 2.75) is 37.8 Å². The molecule has 1 aliphatic heterocycles. The Kier molecular flexibility index (Phi) is 4.56. The smallest absolute Gasteiger partial charge is 0.224 e. The van der Waals surface area contributed by atoms with Gasteiger partial charge in [-0.15, -0.1) is 0 Å². The molecule has 0 radical (unpaired) electrons. The van der Waals surface area contributed by atoms with Gasteiger partial charge in [0, 0.05) is 44.7 Å². The second-order valence-corrected chi connectivity index (χ2v) is 6.22. The van der Waals surface area contributed by atoms with E-state index in [4.69, 9.17) is 5.73 Å². The van der Waals surface area contributed by atoms with Crippen molar-refractivity contribution in [2.75, 3.05) is 26.2 Å². The van der Waals surface area contributed by atoms with Crippen LogP contribution < -0.4 is 5.73 Å². The molecule has 1 atom stereocenters. The Morgan fingerprint density at radius 3 is 2.38 bits per heavy atom. The monoisotopic (exact) mass is 287 g/mol. The normalized spacial score (nSPS) is 21.9. The summed E-state index contributed by atoms with van der Waals surface area (Å²) in [6, 6.07) is 10.5. The van der Waals surface area contributed by atoms with Crippen LogP contribution in [0.4, 0.5) is 0 Å². The summed E-state index contributed by atoms with van der Waals surface area (Å²) in [5, 5.41) is 0. The van der Waals surface area contributed by atoms with E-state index in [0.717, 1.165) is 37.8 Å². The molecule has 0 aromatic heterocycles. The highest BCUT2D eigenvalue weighted by molar-refractivity contribution is 5.77. The lowest BCUT2D eigenvalue weighted by atomic mass is 9.91. The molecule has 3 rings (SSSR count). The van der Waals surface area contributed by atoms with Crippen LogP contribution in [0.25, 0.3) is 0 Å². The summed E-state index contributed by atoms with van der Waals surface area (Å²) in [4.78, 5) is 16.9. The van der Waals surface area contributed by atoms with E-state index < -0.39 is 0 Å². The molecule has 2 fully saturated rings. The van der Waals surface area contributed by atoms with Gasteiger partial charge in [0.05, 0.1) is 0 Å². The Balaban J connectivity index is 1.47. The molecule has 2 aliphatic rings. The van der Waals surface area contributed by atoms with E-state index in [2.05, 4.69) is 4.90 Å². The van der Waals surface area contributed by atoms with E-state index in [0.29, 0.717) is 6.42 Å². The molecule has 1 aromatic rings. The first-order chi connectivity index (χ1) is 10.2. The molecule has 1 saturated heterocycles. The molecule has 1 aromatic carbocycles. The van der Waals surface area contributed by atoms with Crippen molar-refractivity contribution in [3.63, 3.8) is 0 Å². The van der Waals surface area contributed by atoms with Crippen molar-refractivity contribution in [2.24, 2.45) is 5.73 Å². The minimum atomic E-state index is -0.191. The van der Waals surface area contributed by atoms with Gasteiger partial charge in [0.1, 0.15) is 0 Å². The Morgan fingerprint density at radius 1 is 1.14 bits per heavy atom. The number of piperazine rings is 1. The van der Waals surface area contributed by atoms with Crippen molar-refractivity contribution >= 4 is 5.91 Å². The Hall–Kier alpha value is -1.39. The number of carbonyl (C=O) groups is 1. The molecule has 1 unspecified atom stereocenters. The van der Waals surface area contributed by atoms with Crippen molar-refractivity contribution in [3.8, 4) is 0 Å². The third-order valence-electron chi connectivity index (χ3n) is 4.88. The average Bonchev–Trinajstić information content (AvgIpc) is 2.47. The molecule has 1 heterocycles. The second kappa shape index (κ2) is 6.58. The highest BCUT2D eigenvalue weighted by Gasteiger charge is 2.29. The van der Waals surface area contributed by atoms with Gasteiger partial charge in [-0.2, -0.15) is 0 Å². The zero-order valence-corrected chi connectivity index (χ0v) is 12.6. The van der Waals surface area contributed by atoms with Crippen LogP contribution in [-0.4, -0.2) is 47.9 Å². The Bertz CT molecular complexity index is 464. The molecule has 2 N–H and O–H groups in total. The first-order valence-electron chi connectivity index (χ1n) is 8.06. The number of nitrogens with zero attached hydrogens (tertiary/aromatic N) is 2. The number of nitrogens with two attached hydrogens (primary N) is 1. The number of benzene rings is 1. The van der Waals surface area contributed by atoms with Crippen LogP contribution in [-0.2, 0) is 4.79 Å². The number of carbonyl (C=O) groups excluding carboxylic acids is 1. The maximum atomic E-state index is 12.4. The first kappa shape index (κ1) is 14.5. The van der Waals surface area contributed by atoms with E-state index >= 15 is 0 Å². The summed E-state index contributed by atoms with van der Waals surface area (Å²) in [6.45, 7) is 3.77. The maximum Gasteiger partial charge on any atom is 0.224 e. The van der Waals surface area contributed by atoms with Gasteiger partial charge < -0.3 is 10.6 Å². The van der Waals surface area contributed by atoms with Crippen LogP contribution in [0.1, 0.15) is 37.3 Å². The molecule has 4 heteroatoms. The quantitative estimate of drug-likeness (QED) is 0.918. The summed E-state index contributed by atoms with van der Waals surface area (Å²) < 4.78 is 0. The molecule has 1 saturated carbocycles. The van der Waals surface area contributed by atoms with Gasteiger partial charge in [0.15, 0.2) is 0 Å². The average molecular weight is 287 g/mol.